The number of para-hydroxylation sites is 1. The molecule has 1 heterocycles. The van der Waals surface area contributed by atoms with E-state index in [4.69, 9.17) is 19.3 Å². The van der Waals surface area contributed by atoms with Gasteiger partial charge in [0.1, 0.15) is 6.10 Å². The molecule has 1 aromatic rings. The molecular weight excluding hydrogens is 328 g/mol. The summed E-state index contributed by atoms with van der Waals surface area (Å²) in [6.07, 6.45) is 1.22. The van der Waals surface area contributed by atoms with Crippen LogP contribution in [0.25, 0.3) is 0 Å². The van der Waals surface area contributed by atoms with Gasteiger partial charge in [0, 0.05) is 32.5 Å². The number of piperidine rings is 1. The molecule has 1 aromatic carbocycles. The molecule has 0 aliphatic carbocycles. The van der Waals surface area contributed by atoms with E-state index in [1.165, 1.54) is 0 Å². The first kappa shape index (κ1) is 18.7. The molecule has 0 spiro atoms. The van der Waals surface area contributed by atoms with Gasteiger partial charge in [-0.25, -0.2) is 4.79 Å². The lowest BCUT2D eigenvalue weighted by Crippen LogP contribution is -2.46. The number of methoxy groups -OCH3 is 2. The molecule has 1 fully saturated rings. The van der Waals surface area contributed by atoms with Crippen LogP contribution < -0.4 is 19.5 Å². The van der Waals surface area contributed by atoms with Gasteiger partial charge in [-0.3, -0.25) is 4.79 Å². The predicted molar refractivity (Wildman–Crippen MR) is 90.4 cm³/mol. The normalized spacial score (nSPS) is 14.7. The summed E-state index contributed by atoms with van der Waals surface area (Å²) in [7, 11) is 3.15. The van der Waals surface area contributed by atoms with Crippen LogP contribution >= 0.6 is 0 Å². The van der Waals surface area contributed by atoms with E-state index in [1.54, 1.807) is 19.1 Å². The first-order valence-corrected chi connectivity index (χ1v) is 8.17. The summed E-state index contributed by atoms with van der Waals surface area (Å²) < 4.78 is 16.7. The maximum Gasteiger partial charge on any atom is 0.317 e. The lowest BCUT2D eigenvalue weighted by molar-refractivity contribution is -0.136. The predicted octanol–water partition coefficient (Wildman–Crippen LogP) is 1.73. The molecular formula is C17H24N2O6. The van der Waals surface area contributed by atoms with E-state index in [9.17, 15) is 9.59 Å². The Morgan fingerprint density at radius 3 is 2.32 bits per heavy atom. The summed E-state index contributed by atoms with van der Waals surface area (Å²) in [5, 5.41) is 11.2. The Morgan fingerprint density at radius 2 is 1.80 bits per heavy atom. The first-order chi connectivity index (χ1) is 12.0. The Balaban J connectivity index is 1.87. The number of rotatable bonds is 7. The lowest BCUT2D eigenvalue weighted by Gasteiger charge is -2.32. The highest BCUT2D eigenvalue weighted by molar-refractivity contribution is 5.75. The molecule has 25 heavy (non-hydrogen) atoms. The van der Waals surface area contributed by atoms with E-state index in [-0.39, 0.29) is 25.1 Å². The van der Waals surface area contributed by atoms with Gasteiger partial charge in [-0.05, 0) is 12.1 Å². The van der Waals surface area contributed by atoms with E-state index >= 15 is 0 Å². The molecule has 0 bridgehead atoms. The van der Waals surface area contributed by atoms with E-state index in [1.807, 2.05) is 18.2 Å². The second-order valence-electron chi connectivity index (χ2n) is 5.67. The van der Waals surface area contributed by atoms with Crippen LogP contribution in [-0.4, -0.2) is 62.0 Å². The summed E-state index contributed by atoms with van der Waals surface area (Å²) in [6.45, 7) is 1.21. The highest BCUT2D eigenvalue weighted by atomic mass is 16.5. The van der Waals surface area contributed by atoms with Crippen molar-refractivity contribution >= 4 is 12.0 Å². The van der Waals surface area contributed by atoms with Crippen molar-refractivity contribution in [1.82, 2.24) is 10.2 Å². The molecule has 2 amide bonds. The number of carbonyl (C=O) groups excluding carboxylic acids is 1. The maximum absolute atomic E-state index is 12.0. The number of carbonyl (C=O) groups is 2. The topological polar surface area (TPSA) is 97.3 Å². The van der Waals surface area contributed by atoms with Crippen molar-refractivity contribution in [2.24, 2.45) is 0 Å². The number of likely N-dealkylation sites (tertiary alicyclic amines) is 1. The van der Waals surface area contributed by atoms with Crippen LogP contribution in [0.5, 0.6) is 17.2 Å². The molecule has 0 saturated carbocycles. The van der Waals surface area contributed by atoms with Crippen LogP contribution in [-0.2, 0) is 4.79 Å². The van der Waals surface area contributed by atoms with Crippen molar-refractivity contribution in [3.8, 4) is 17.2 Å². The molecule has 0 aromatic heterocycles. The zero-order valence-electron chi connectivity index (χ0n) is 14.5. The smallest absolute Gasteiger partial charge is 0.317 e. The number of ether oxygens (including phenoxy) is 3. The summed E-state index contributed by atoms with van der Waals surface area (Å²) in [5.74, 6) is 0.844. The highest BCUT2D eigenvalue weighted by Crippen LogP contribution is 2.38. The summed E-state index contributed by atoms with van der Waals surface area (Å²) in [4.78, 5) is 24.1. The number of urea groups is 1. The fraction of sp³-hybridized carbons (Fsp3) is 0.529. The van der Waals surface area contributed by atoms with Crippen molar-refractivity contribution < 1.29 is 28.9 Å². The Morgan fingerprint density at radius 1 is 1.20 bits per heavy atom. The van der Waals surface area contributed by atoms with Crippen LogP contribution in [0.3, 0.4) is 0 Å². The Kier molecular flexibility index (Phi) is 6.73. The summed E-state index contributed by atoms with van der Waals surface area (Å²) in [5.41, 5.74) is 0. The van der Waals surface area contributed by atoms with Crippen LogP contribution in [0, 0.1) is 0 Å². The average molecular weight is 352 g/mol. The van der Waals surface area contributed by atoms with Gasteiger partial charge in [-0.2, -0.15) is 0 Å². The molecule has 0 unspecified atom stereocenters. The molecule has 8 nitrogen and oxygen atoms in total. The Bertz CT molecular complexity index is 577. The van der Waals surface area contributed by atoms with Gasteiger partial charge in [0.15, 0.2) is 11.5 Å². The molecule has 1 aliphatic heterocycles. The van der Waals surface area contributed by atoms with Gasteiger partial charge in [-0.1, -0.05) is 6.07 Å². The fourth-order valence-corrected chi connectivity index (χ4v) is 2.66. The number of aliphatic carboxylic acids is 1. The van der Waals surface area contributed by atoms with Crippen molar-refractivity contribution in [2.45, 2.75) is 25.4 Å². The number of carboxylic acids is 1. The average Bonchev–Trinajstić information content (AvgIpc) is 2.62. The van der Waals surface area contributed by atoms with Crippen molar-refractivity contribution in [3.63, 3.8) is 0 Å². The number of benzene rings is 1. The van der Waals surface area contributed by atoms with Gasteiger partial charge in [0.2, 0.25) is 5.75 Å². The number of carboxylic acid groups (broad SMARTS) is 1. The first-order valence-electron chi connectivity index (χ1n) is 8.17. The monoisotopic (exact) mass is 352 g/mol. The molecule has 1 saturated heterocycles. The molecule has 1 aliphatic rings. The van der Waals surface area contributed by atoms with E-state index in [2.05, 4.69) is 5.32 Å². The largest absolute Gasteiger partial charge is 0.493 e. The Hall–Kier alpha value is -2.64. The van der Waals surface area contributed by atoms with Gasteiger partial charge in [-0.15, -0.1) is 0 Å². The van der Waals surface area contributed by atoms with E-state index < -0.39 is 5.97 Å². The molecule has 0 atom stereocenters. The zero-order chi connectivity index (χ0) is 18.2. The number of hydrogen-bond donors (Lipinski definition) is 2. The molecule has 138 valence electrons. The van der Waals surface area contributed by atoms with E-state index in [0.717, 1.165) is 0 Å². The molecule has 2 rings (SSSR count). The number of nitrogens with one attached hydrogen (secondary N) is 1. The number of hydrogen-bond acceptors (Lipinski definition) is 5. The third kappa shape index (κ3) is 5.17. The number of amides is 2. The van der Waals surface area contributed by atoms with Crippen LogP contribution in [0.15, 0.2) is 18.2 Å². The fourth-order valence-electron chi connectivity index (χ4n) is 2.66. The van der Waals surface area contributed by atoms with Gasteiger partial charge < -0.3 is 29.5 Å². The summed E-state index contributed by atoms with van der Waals surface area (Å²) >= 11 is 0. The molecule has 8 heteroatoms. The second kappa shape index (κ2) is 9.00. The SMILES string of the molecule is COc1cccc(OC)c1OC1CCN(C(=O)NCCC(=O)O)CC1. The standard InChI is InChI=1S/C17H24N2O6/c1-23-13-4-3-5-14(24-2)16(13)25-12-7-10-19(11-8-12)17(22)18-9-6-15(20)21/h3-5,12H,6-11H2,1-2H3,(H,18,22)(H,20,21). The maximum atomic E-state index is 12.0. The minimum Gasteiger partial charge on any atom is -0.493 e. The Labute approximate surface area is 146 Å². The van der Waals surface area contributed by atoms with E-state index in [0.29, 0.717) is 43.2 Å². The minimum absolute atomic E-state index is 0.0479. The van der Waals surface area contributed by atoms with Crippen molar-refractivity contribution in [2.75, 3.05) is 33.9 Å². The van der Waals surface area contributed by atoms with Crippen LogP contribution in [0.2, 0.25) is 0 Å². The van der Waals surface area contributed by atoms with Gasteiger partial charge in [0.05, 0.1) is 20.6 Å². The minimum atomic E-state index is -0.932. The van der Waals surface area contributed by atoms with Crippen molar-refractivity contribution in [3.05, 3.63) is 18.2 Å². The van der Waals surface area contributed by atoms with Gasteiger partial charge in [0.25, 0.3) is 0 Å². The lowest BCUT2D eigenvalue weighted by atomic mass is 10.1. The summed E-state index contributed by atoms with van der Waals surface area (Å²) in [6, 6.07) is 5.20. The second-order valence-corrected chi connectivity index (χ2v) is 5.67. The zero-order valence-corrected chi connectivity index (χ0v) is 14.5. The quantitative estimate of drug-likeness (QED) is 0.776. The number of nitrogens with zero attached hydrogens (tertiary/aromatic N) is 1. The highest BCUT2D eigenvalue weighted by Gasteiger charge is 2.25. The molecule has 2 N–H and O–H groups in total. The molecule has 0 radical (unpaired) electrons. The van der Waals surface area contributed by atoms with Gasteiger partial charge >= 0.3 is 12.0 Å². The van der Waals surface area contributed by atoms with Crippen LogP contribution in [0.1, 0.15) is 19.3 Å². The van der Waals surface area contributed by atoms with Crippen LogP contribution in [0.4, 0.5) is 4.79 Å². The third-order valence-corrected chi connectivity index (χ3v) is 4.01. The van der Waals surface area contributed by atoms with Crippen molar-refractivity contribution in [1.29, 1.82) is 0 Å². The third-order valence-electron chi connectivity index (χ3n) is 4.01.